The van der Waals surface area contributed by atoms with Gasteiger partial charge in [0.05, 0.1) is 12.0 Å². The molecule has 2 aromatic carbocycles. The second-order valence-electron chi connectivity index (χ2n) is 6.46. The summed E-state index contributed by atoms with van der Waals surface area (Å²) in [6.45, 7) is 11.2. The average molecular weight is 296 g/mol. The third-order valence-corrected chi connectivity index (χ3v) is 5.15. The van der Waals surface area contributed by atoms with E-state index in [1.54, 1.807) is 0 Å². The van der Waals surface area contributed by atoms with Gasteiger partial charge < -0.3 is 4.57 Å². The van der Waals surface area contributed by atoms with Crippen molar-refractivity contribution in [3.8, 4) is 0 Å². The van der Waals surface area contributed by atoms with Crippen molar-refractivity contribution in [2.45, 2.75) is 33.5 Å². The minimum atomic E-state index is -1.53. The van der Waals surface area contributed by atoms with Gasteiger partial charge in [0, 0.05) is 5.69 Å². The minimum Gasteiger partial charge on any atom is -0.361 e. The van der Waals surface area contributed by atoms with Crippen LogP contribution in [0.15, 0.2) is 53.5 Å². The summed E-state index contributed by atoms with van der Waals surface area (Å²) >= 11 is 0. The van der Waals surface area contributed by atoms with E-state index in [1.165, 1.54) is 16.8 Å². The first-order valence-corrected chi connectivity index (χ1v) is 10.8. The number of aryl methyl sites for hydroxylation is 2. The van der Waals surface area contributed by atoms with Crippen molar-refractivity contribution in [3.05, 3.63) is 59.7 Å². The molecule has 21 heavy (non-hydrogen) atoms. The fourth-order valence-electron chi connectivity index (χ4n) is 2.24. The lowest BCUT2D eigenvalue weighted by atomic mass is 10.2. The van der Waals surface area contributed by atoms with E-state index in [1.807, 2.05) is 18.5 Å². The Balaban J connectivity index is 2.34. The first kappa shape index (κ1) is 15.5. The molecule has 0 heterocycles. The number of anilines is 1. The molecule has 110 valence electrons. The Hall–Kier alpha value is -1.87. The predicted octanol–water partition coefficient (Wildman–Crippen LogP) is 5.30. The van der Waals surface area contributed by atoms with Gasteiger partial charge in [-0.15, -0.1) is 0 Å². The van der Waals surface area contributed by atoms with Crippen molar-refractivity contribution < 1.29 is 0 Å². The van der Waals surface area contributed by atoms with Gasteiger partial charge in [0.1, 0.15) is 0 Å². The van der Waals surface area contributed by atoms with E-state index in [2.05, 4.69) is 79.4 Å². The Morgan fingerprint density at radius 2 is 1.52 bits per heavy atom. The van der Waals surface area contributed by atoms with E-state index >= 15 is 0 Å². The number of benzene rings is 2. The summed E-state index contributed by atoms with van der Waals surface area (Å²) in [4.78, 5) is 4.68. The Kier molecular flexibility index (Phi) is 4.63. The van der Waals surface area contributed by atoms with Crippen LogP contribution < -0.4 is 4.57 Å². The molecule has 0 aromatic heterocycles. The molecule has 0 aliphatic rings. The van der Waals surface area contributed by atoms with Gasteiger partial charge in [-0.2, -0.15) is 0 Å². The highest BCUT2D eigenvalue weighted by Crippen LogP contribution is 2.22. The fourth-order valence-corrected chi connectivity index (χ4v) is 3.56. The Morgan fingerprint density at radius 3 is 2.10 bits per heavy atom. The molecule has 0 amide bonds. The normalized spacial score (nSPS) is 11.9. The molecule has 0 N–H and O–H groups in total. The summed E-state index contributed by atoms with van der Waals surface area (Å²) in [6.07, 6.45) is 2.00. The van der Waals surface area contributed by atoms with E-state index in [0.29, 0.717) is 0 Å². The molecule has 0 fully saturated rings. The fraction of sp³-hybridized carbons (Fsp3) is 0.278. The molecule has 0 saturated heterocycles. The molecule has 3 heteroatoms. The third-order valence-electron chi connectivity index (χ3n) is 3.33. The van der Waals surface area contributed by atoms with Crippen molar-refractivity contribution in [3.63, 3.8) is 0 Å². The van der Waals surface area contributed by atoms with Crippen molar-refractivity contribution in [2.24, 2.45) is 4.99 Å². The van der Waals surface area contributed by atoms with Crippen LogP contribution in [0.1, 0.15) is 11.1 Å². The Bertz CT molecular complexity index is 642. The molecule has 0 unspecified atom stereocenters. The van der Waals surface area contributed by atoms with Crippen LogP contribution in [0.4, 0.5) is 11.4 Å². The van der Waals surface area contributed by atoms with Gasteiger partial charge in [-0.1, -0.05) is 43.9 Å². The van der Waals surface area contributed by atoms with E-state index in [0.717, 1.165) is 5.69 Å². The number of aliphatic imine (C=N–C) groups is 1. The molecule has 0 radical (unpaired) electrons. The number of hydrogen-bond donors (Lipinski definition) is 0. The molecule has 2 nitrogen and oxygen atoms in total. The summed E-state index contributed by atoms with van der Waals surface area (Å²) in [7, 11) is -1.53. The lowest BCUT2D eigenvalue weighted by Gasteiger charge is -2.32. The molecule has 0 aliphatic heterocycles. The monoisotopic (exact) mass is 296 g/mol. The number of hydrogen-bond acceptors (Lipinski definition) is 1. The summed E-state index contributed by atoms with van der Waals surface area (Å²) < 4.78 is 2.35. The van der Waals surface area contributed by atoms with Gasteiger partial charge >= 0.3 is 0 Å². The van der Waals surface area contributed by atoms with E-state index in [9.17, 15) is 0 Å². The topological polar surface area (TPSA) is 15.6 Å². The van der Waals surface area contributed by atoms with Crippen LogP contribution in [0.2, 0.25) is 19.6 Å². The van der Waals surface area contributed by atoms with E-state index in [4.69, 9.17) is 0 Å². The zero-order valence-electron chi connectivity index (χ0n) is 13.6. The molecule has 0 saturated carbocycles. The van der Waals surface area contributed by atoms with Crippen LogP contribution in [0.5, 0.6) is 0 Å². The maximum Gasteiger partial charge on any atom is 0.154 e. The van der Waals surface area contributed by atoms with Crippen LogP contribution in [0.3, 0.4) is 0 Å². The van der Waals surface area contributed by atoms with E-state index in [-0.39, 0.29) is 0 Å². The van der Waals surface area contributed by atoms with Crippen LogP contribution in [0.25, 0.3) is 0 Å². The molecular weight excluding hydrogens is 272 g/mol. The van der Waals surface area contributed by atoms with Crippen LogP contribution in [0, 0.1) is 13.8 Å². The largest absolute Gasteiger partial charge is 0.361 e. The van der Waals surface area contributed by atoms with Crippen molar-refractivity contribution in [1.82, 2.24) is 0 Å². The van der Waals surface area contributed by atoms with Crippen molar-refractivity contribution >= 4 is 25.9 Å². The maximum absolute atomic E-state index is 4.68. The standard InChI is InChI=1S/C18H24N2Si/c1-15-8-6-10-17(12-15)19-14-20(21(3,4)5)18-11-7-9-16(2)13-18/h6-14H,1-5H3. The molecule has 0 bridgehead atoms. The van der Waals surface area contributed by atoms with E-state index < -0.39 is 8.24 Å². The number of nitrogens with zero attached hydrogens (tertiary/aromatic N) is 2. The molecule has 0 aliphatic carbocycles. The molecule has 0 atom stereocenters. The summed E-state index contributed by atoms with van der Waals surface area (Å²) in [5.74, 6) is 0. The highest BCUT2D eigenvalue weighted by Gasteiger charge is 2.23. The molecule has 2 rings (SSSR count). The zero-order chi connectivity index (χ0) is 15.5. The van der Waals surface area contributed by atoms with Crippen molar-refractivity contribution in [1.29, 1.82) is 0 Å². The quantitative estimate of drug-likeness (QED) is 0.424. The third kappa shape index (κ3) is 4.30. The van der Waals surface area contributed by atoms with Crippen LogP contribution in [-0.2, 0) is 0 Å². The SMILES string of the molecule is Cc1cccc(N=CN(c2cccc(C)c2)[Si](C)(C)C)c1. The maximum atomic E-state index is 4.68. The first-order chi connectivity index (χ1) is 9.86. The van der Waals surface area contributed by atoms with Crippen LogP contribution >= 0.6 is 0 Å². The molecular formula is C18H24N2Si. The number of rotatable bonds is 4. The second-order valence-corrected chi connectivity index (χ2v) is 11.3. The summed E-state index contributed by atoms with van der Waals surface area (Å²) in [5.41, 5.74) is 4.75. The van der Waals surface area contributed by atoms with Crippen molar-refractivity contribution in [2.75, 3.05) is 4.57 Å². The Morgan fingerprint density at radius 1 is 0.905 bits per heavy atom. The summed E-state index contributed by atoms with van der Waals surface area (Å²) in [5, 5.41) is 0. The Labute approximate surface area is 129 Å². The second kappa shape index (κ2) is 6.27. The minimum absolute atomic E-state index is 1.01. The van der Waals surface area contributed by atoms with Gasteiger partial charge in [-0.25, -0.2) is 4.99 Å². The van der Waals surface area contributed by atoms with Gasteiger partial charge in [0.25, 0.3) is 0 Å². The molecule has 2 aromatic rings. The van der Waals surface area contributed by atoms with Gasteiger partial charge in [-0.05, 0) is 49.2 Å². The van der Waals surface area contributed by atoms with Crippen LogP contribution in [-0.4, -0.2) is 14.6 Å². The highest BCUT2D eigenvalue weighted by molar-refractivity contribution is 6.82. The zero-order valence-corrected chi connectivity index (χ0v) is 14.6. The lowest BCUT2D eigenvalue weighted by Crippen LogP contribution is -2.45. The average Bonchev–Trinajstić information content (AvgIpc) is 2.37. The van der Waals surface area contributed by atoms with Gasteiger partial charge in [-0.3, -0.25) is 0 Å². The molecule has 0 spiro atoms. The predicted molar refractivity (Wildman–Crippen MR) is 96.3 cm³/mol. The summed E-state index contributed by atoms with van der Waals surface area (Å²) in [6, 6.07) is 16.9. The highest BCUT2D eigenvalue weighted by atomic mass is 28.3. The lowest BCUT2D eigenvalue weighted by molar-refractivity contribution is 1.35. The van der Waals surface area contributed by atoms with Gasteiger partial charge in [0.15, 0.2) is 8.24 Å². The first-order valence-electron chi connectivity index (χ1n) is 7.33. The van der Waals surface area contributed by atoms with Gasteiger partial charge in [0.2, 0.25) is 0 Å². The smallest absolute Gasteiger partial charge is 0.154 e.